The highest BCUT2D eigenvalue weighted by atomic mass is 16.3. The van der Waals surface area contributed by atoms with Crippen LogP contribution in [0.4, 0.5) is 16.2 Å². The summed E-state index contributed by atoms with van der Waals surface area (Å²) in [5.41, 5.74) is 1.24. The third-order valence-electron chi connectivity index (χ3n) is 2.76. The zero-order valence-corrected chi connectivity index (χ0v) is 12.4. The lowest BCUT2D eigenvalue weighted by Gasteiger charge is -2.07. The van der Waals surface area contributed by atoms with Gasteiger partial charge in [0.05, 0.1) is 6.26 Å². The quantitative estimate of drug-likeness (QED) is 0.565. The Morgan fingerprint density at radius 3 is 2.39 bits per heavy atom. The lowest BCUT2D eigenvalue weighted by Crippen LogP contribution is -2.28. The van der Waals surface area contributed by atoms with Gasteiger partial charge in [0.2, 0.25) is 5.91 Å². The molecule has 6 heteroatoms. The van der Waals surface area contributed by atoms with Gasteiger partial charge in [-0.3, -0.25) is 4.79 Å². The van der Waals surface area contributed by atoms with Crippen molar-refractivity contribution in [1.82, 2.24) is 5.32 Å². The topological polar surface area (TPSA) is 83.4 Å². The van der Waals surface area contributed by atoms with E-state index in [2.05, 4.69) is 22.5 Å². The van der Waals surface area contributed by atoms with Gasteiger partial charge in [0.15, 0.2) is 0 Å². The molecule has 1 aromatic heterocycles. The van der Waals surface area contributed by atoms with Gasteiger partial charge in [-0.05, 0) is 42.5 Å². The summed E-state index contributed by atoms with van der Waals surface area (Å²) in [4.78, 5) is 23.2. The normalized spacial score (nSPS) is 10.3. The summed E-state index contributed by atoms with van der Waals surface area (Å²) >= 11 is 0. The van der Waals surface area contributed by atoms with Crippen LogP contribution in [0.2, 0.25) is 0 Å². The molecule has 0 aliphatic heterocycles. The Hall–Kier alpha value is -3.28. The summed E-state index contributed by atoms with van der Waals surface area (Å²) in [6, 6.07) is 9.96. The van der Waals surface area contributed by atoms with Crippen LogP contribution in [-0.4, -0.2) is 18.5 Å². The standard InChI is InChI=1S/C17H17N3O3/c1-2-11-18-17(22)20-14-7-5-13(6-8-14)19-16(21)10-9-15-4-3-12-23-15/h2-10,12H,1,11H2,(H,19,21)(H2,18,20,22)/b10-9+. The maximum Gasteiger partial charge on any atom is 0.319 e. The summed E-state index contributed by atoms with van der Waals surface area (Å²) in [7, 11) is 0. The minimum Gasteiger partial charge on any atom is -0.465 e. The molecule has 0 fully saturated rings. The molecule has 1 heterocycles. The average molecular weight is 311 g/mol. The van der Waals surface area contributed by atoms with Crippen LogP contribution in [0.15, 0.2) is 65.8 Å². The van der Waals surface area contributed by atoms with Crippen molar-refractivity contribution in [2.24, 2.45) is 0 Å². The number of anilines is 2. The molecule has 1 aromatic carbocycles. The number of hydrogen-bond acceptors (Lipinski definition) is 3. The van der Waals surface area contributed by atoms with Crippen molar-refractivity contribution in [3.63, 3.8) is 0 Å². The number of amides is 3. The highest BCUT2D eigenvalue weighted by molar-refractivity contribution is 6.01. The first-order valence-corrected chi connectivity index (χ1v) is 6.96. The molecule has 0 bridgehead atoms. The van der Waals surface area contributed by atoms with E-state index in [1.165, 1.54) is 12.3 Å². The molecule has 0 spiro atoms. The summed E-state index contributed by atoms with van der Waals surface area (Å²) in [5.74, 6) is 0.330. The highest BCUT2D eigenvalue weighted by Gasteiger charge is 2.02. The van der Waals surface area contributed by atoms with Gasteiger partial charge in [0.1, 0.15) is 5.76 Å². The van der Waals surface area contributed by atoms with Crippen molar-refractivity contribution in [2.45, 2.75) is 0 Å². The number of carbonyl (C=O) groups excluding carboxylic acids is 2. The molecule has 118 valence electrons. The number of benzene rings is 1. The van der Waals surface area contributed by atoms with Crippen LogP contribution < -0.4 is 16.0 Å². The van der Waals surface area contributed by atoms with Crippen molar-refractivity contribution in [3.05, 3.63) is 67.2 Å². The third-order valence-corrected chi connectivity index (χ3v) is 2.76. The summed E-state index contributed by atoms with van der Waals surface area (Å²) in [5, 5.41) is 7.98. The lowest BCUT2D eigenvalue weighted by molar-refractivity contribution is -0.111. The van der Waals surface area contributed by atoms with Crippen LogP contribution in [0, 0.1) is 0 Å². The highest BCUT2D eigenvalue weighted by Crippen LogP contribution is 2.13. The fourth-order valence-corrected chi connectivity index (χ4v) is 1.70. The van der Waals surface area contributed by atoms with Crippen molar-refractivity contribution in [2.75, 3.05) is 17.2 Å². The molecule has 0 saturated carbocycles. The van der Waals surface area contributed by atoms with Gasteiger partial charge in [0.25, 0.3) is 0 Å². The Balaban J connectivity index is 1.85. The van der Waals surface area contributed by atoms with E-state index in [-0.39, 0.29) is 11.9 Å². The van der Waals surface area contributed by atoms with Crippen molar-refractivity contribution < 1.29 is 14.0 Å². The maximum atomic E-state index is 11.8. The molecule has 0 saturated heterocycles. The molecule has 0 aliphatic rings. The van der Waals surface area contributed by atoms with Gasteiger partial charge < -0.3 is 20.4 Å². The van der Waals surface area contributed by atoms with E-state index in [1.54, 1.807) is 48.6 Å². The molecule has 3 N–H and O–H groups in total. The number of urea groups is 1. The van der Waals surface area contributed by atoms with Gasteiger partial charge in [-0.2, -0.15) is 0 Å². The number of furan rings is 1. The van der Waals surface area contributed by atoms with Crippen LogP contribution >= 0.6 is 0 Å². The van der Waals surface area contributed by atoms with E-state index in [9.17, 15) is 9.59 Å². The Morgan fingerprint density at radius 2 is 1.78 bits per heavy atom. The second-order valence-electron chi connectivity index (χ2n) is 4.54. The van der Waals surface area contributed by atoms with E-state index >= 15 is 0 Å². The van der Waals surface area contributed by atoms with Gasteiger partial charge in [-0.25, -0.2) is 4.79 Å². The number of carbonyl (C=O) groups is 2. The van der Waals surface area contributed by atoms with E-state index < -0.39 is 0 Å². The van der Waals surface area contributed by atoms with Crippen molar-refractivity contribution in [1.29, 1.82) is 0 Å². The predicted molar refractivity (Wildman–Crippen MR) is 90.0 cm³/mol. The second-order valence-corrected chi connectivity index (χ2v) is 4.54. The zero-order chi connectivity index (χ0) is 16.5. The zero-order valence-electron chi connectivity index (χ0n) is 12.4. The van der Waals surface area contributed by atoms with Crippen LogP contribution in [0.5, 0.6) is 0 Å². The number of nitrogens with one attached hydrogen (secondary N) is 3. The predicted octanol–water partition coefficient (Wildman–Crippen LogP) is 3.24. The summed E-state index contributed by atoms with van der Waals surface area (Å²) < 4.78 is 5.10. The van der Waals surface area contributed by atoms with Gasteiger partial charge in [0, 0.05) is 24.0 Å². The van der Waals surface area contributed by atoms with Crippen molar-refractivity contribution in [3.8, 4) is 0 Å². The average Bonchev–Trinajstić information content (AvgIpc) is 3.06. The lowest BCUT2D eigenvalue weighted by atomic mass is 10.2. The summed E-state index contributed by atoms with van der Waals surface area (Å²) in [6.07, 6.45) is 6.09. The first-order valence-electron chi connectivity index (χ1n) is 6.96. The summed E-state index contributed by atoms with van der Waals surface area (Å²) in [6.45, 7) is 3.91. The SMILES string of the molecule is C=CCNC(=O)Nc1ccc(NC(=O)/C=C/c2ccco2)cc1. The first-order chi connectivity index (χ1) is 11.2. The van der Waals surface area contributed by atoms with Gasteiger partial charge in [-0.1, -0.05) is 6.08 Å². The molecular weight excluding hydrogens is 294 g/mol. The Morgan fingerprint density at radius 1 is 1.09 bits per heavy atom. The molecule has 2 aromatic rings. The Bertz CT molecular complexity index is 688. The van der Waals surface area contributed by atoms with Gasteiger partial charge in [-0.15, -0.1) is 6.58 Å². The van der Waals surface area contributed by atoms with Crippen LogP contribution in [-0.2, 0) is 4.79 Å². The molecule has 6 nitrogen and oxygen atoms in total. The van der Waals surface area contributed by atoms with E-state index in [1.807, 2.05) is 0 Å². The molecule has 23 heavy (non-hydrogen) atoms. The first kappa shape index (κ1) is 16.1. The minimum absolute atomic E-state index is 0.272. The molecule has 0 unspecified atom stereocenters. The Labute approximate surface area is 133 Å². The maximum absolute atomic E-state index is 11.8. The minimum atomic E-state index is -0.317. The monoisotopic (exact) mass is 311 g/mol. The fourth-order valence-electron chi connectivity index (χ4n) is 1.70. The Kier molecular flexibility index (Phi) is 5.76. The van der Waals surface area contributed by atoms with Crippen LogP contribution in [0.1, 0.15) is 5.76 Å². The van der Waals surface area contributed by atoms with E-state index in [0.29, 0.717) is 23.7 Å². The smallest absolute Gasteiger partial charge is 0.319 e. The largest absolute Gasteiger partial charge is 0.465 e. The van der Waals surface area contributed by atoms with Crippen LogP contribution in [0.25, 0.3) is 6.08 Å². The molecule has 0 radical (unpaired) electrons. The molecular formula is C17H17N3O3. The molecule has 2 rings (SSSR count). The molecule has 0 atom stereocenters. The molecule has 0 aliphatic carbocycles. The third kappa shape index (κ3) is 5.55. The van der Waals surface area contributed by atoms with E-state index in [0.717, 1.165) is 0 Å². The van der Waals surface area contributed by atoms with Gasteiger partial charge >= 0.3 is 6.03 Å². The molecule has 3 amide bonds. The van der Waals surface area contributed by atoms with E-state index in [4.69, 9.17) is 4.42 Å². The van der Waals surface area contributed by atoms with Crippen molar-refractivity contribution >= 4 is 29.4 Å². The van der Waals surface area contributed by atoms with Crippen LogP contribution in [0.3, 0.4) is 0 Å². The number of rotatable bonds is 6. The fraction of sp³-hybridized carbons (Fsp3) is 0.0588. The second kappa shape index (κ2) is 8.23. The number of hydrogen-bond donors (Lipinski definition) is 3.